The minimum Gasteiger partial charge on any atom is -0.393 e. The van der Waals surface area contributed by atoms with E-state index in [0.717, 1.165) is 25.4 Å². The maximum atomic E-state index is 9.86. The summed E-state index contributed by atoms with van der Waals surface area (Å²) in [6, 6.07) is 0. The van der Waals surface area contributed by atoms with Gasteiger partial charge in [0.15, 0.2) is 0 Å². The van der Waals surface area contributed by atoms with Crippen molar-refractivity contribution in [1.29, 1.82) is 0 Å². The summed E-state index contributed by atoms with van der Waals surface area (Å²) in [6.45, 7) is 8.17. The van der Waals surface area contributed by atoms with Crippen LogP contribution < -0.4 is 0 Å². The fourth-order valence-corrected chi connectivity index (χ4v) is 5.10. The van der Waals surface area contributed by atoms with Crippen LogP contribution in [0.15, 0.2) is 0 Å². The normalized spacial score (nSPS) is 48.0. The molecule has 0 amide bonds. The second-order valence-corrected chi connectivity index (χ2v) is 8.02. The highest BCUT2D eigenvalue weighted by Gasteiger charge is 2.61. The number of aliphatic hydroxyl groups excluding tert-OH is 1. The largest absolute Gasteiger partial charge is 0.393 e. The summed E-state index contributed by atoms with van der Waals surface area (Å²) in [4.78, 5) is 0. The Hall–Kier alpha value is -0.0800. The van der Waals surface area contributed by atoms with Crippen LogP contribution in [0.5, 0.6) is 0 Å². The van der Waals surface area contributed by atoms with E-state index in [1.165, 1.54) is 32.1 Å². The van der Waals surface area contributed by atoms with Gasteiger partial charge in [-0.3, -0.25) is 0 Å². The van der Waals surface area contributed by atoms with Crippen molar-refractivity contribution in [3.63, 3.8) is 0 Å². The lowest BCUT2D eigenvalue weighted by atomic mass is 9.70. The van der Waals surface area contributed by atoms with Gasteiger partial charge < -0.3 is 9.84 Å². The molecule has 2 bridgehead atoms. The van der Waals surface area contributed by atoms with Crippen LogP contribution in [-0.4, -0.2) is 23.9 Å². The van der Waals surface area contributed by atoms with E-state index in [-0.39, 0.29) is 6.10 Å². The number of aliphatic hydroxyl groups is 1. The number of fused-ring (bicyclic) bond motifs is 2. The lowest BCUT2D eigenvalue weighted by Crippen LogP contribution is -2.37. The SMILES string of the molecule is CC1(C)C2CCC1(C)C(OCCC1CCCC1O)C2. The van der Waals surface area contributed by atoms with Crippen molar-refractivity contribution in [3.05, 3.63) is 0 Å². The molecular formula is C17H30O2. The van der Waals surface area contributed by atoms with Crippen molar-refractivity contribution in [3.8, 4) is 0 Å². The first kappa shape index (κ1) is 13.9. The third-order valence-corrected chi connectivity index (χ3v) is 7.14. The van der Waals surface area contributed by atoms with E-state index in [1.807, 2.05) is 0 Å². The number of hydrogen-bond donors (Lipinski definition) is 1. The molecule has 0 aromatic heterocycles. The Morgan fingerprint density at radius 2 is 1.95 bits per heavy atom. The number of hydrogen-bond acceptors (Lipinski definition) is 2. The lowest BCUT2D eigenvalue weighted by Gasteiger charge is -2.39. The maximum absolute atomic E-state index is 9.86. The summed E-state index contributed by atoms with van der Waals surface area (Å²) in [5, 5.41) is 9.86. The summed E-state index contributed by atoms with van der Waals surface area (Å²) in [6.07, 6.45) is 8.83. The van der Waals surface area contributed by atoms with E-state index < -0.39 is 0 Å². The van der Waals surface area contributed by atoms with Crippen molar-refractivity contribution in [1.82, 2.24) is 0 Å². The molecule has 0 aromatic carbocycles. The molecule has 3 rings (SSSR count). The fourth-order valence-electron chi connectivity index (χ4n) is 5.10. The van der Waals surface area contributed by atoms with E-state index in [2.05, 4.69) is 20.8 Å². The van der Waals surface area contributed by atoms with Crippen LogP contribution in [0.25, 0.3) is 0 Å². The fraction of sp³-hybridized carbons (Fsp3) is 1.00. The molecule has 0 aromatic rings. The second kappa shape index (κ2) is 4.73. The zero-order valence-corrected chi connectivity index (χ0v) is 12.8. The lowest BCUT2D eigenvalue weighted by molar-refractivity contribution is -0.0532. The summed E-state index contributed by atoms with van der Waals surface area (Å²) >= 11 is 0. The van der Waals surface area contributed by atoms with Crippen LogP contribution in [0.4, 0.5) is 0 Å². The van der Waals surface area contributed by atoms with Crippen LogP contribution in [-0.2, 0) is 4.74 Å². The molecule has 3 saturated carbocycles. The molecule has 2 nitrogen and oxygen atoms in total. The molecule has 110 valence electrons. The first-order valence-corrected chi connectivity index (χ1v) is 8.25. The molecule has 2 heteroatoms. The smallest absolute Gasteiger partial charge is 0.0636 e. The zero-order valence-electron chi connectivity index (χ0n) is 12.8. The van der Waals surface area contributed by atoms with Gasteiger partial charge in [0.1, 0.15) is 0 Å². The molecule has 0 radical (unpaired) electrons. The van der Waals surface area contributed by atoms with Gasteiger partial charge >= 0.3 is 0 Å². The van der Waals surface area contributed by atoms with E-state index >= 15 is 0 Å². The highest BCUT2D eigenvalue weighted by Crippen LogP contribution is 2.66. The Morgan fingerprint density at radius 3 is 2.47 bits per heavy atom. The molecular weight excluding hydrogens is 236 g/mol. The van der Waals surface area contributed by atoms with Gasteiger partial charge in [0.2, 0.25) is 0 Å². The van der Waals surface area contributed by atoms with E-state index in [9.17, 15) is 5.11 Å². The van der Waals surface area contributed by atoms with Crippen molar-refractivity contribution in [2.45, 2.75) is 77.9 Å². The van der Waals surface area contributed by atoms with E-state index in [4.69, 9.17) is 4.74 Å². The predicted octanol–water partition coefficient (Wildman–Crippen LogP) is 3.77. The molecule has 0 saturated heterocycles. The molecule has 1 N–H and O–H groups in total. The molecule has 0 aliphatic heterocycles. The maximum Gasteiger partial charge on any atom is 0.0636 e. The topological polar surface area (TPSA) is 29.5 Å². The molecule has 3 aliphatic rings. The third kappa shape index (κ3) is 2.06. The molecule has 0 heterocycles. The van der Waals surface area contributed by atoms with Crippen molar-refractivity contribution < 1.29 is 9.84 Å². The molecule has 0 spiro atoms. The molecule has 5 unspecified atom stereocenters. The van der Waals surface area contributed by atoms with Gasteiger partial charge in [-0.25, -0.2) is 0 Å². The third-order valence-electron chi connectivity index (χ3n) is 7.14. The zero-order chi connectivity index (χ0) is 13.7. The average Bonchev–Trinajstić information content (AvgIpc) is 2.91. The Kier molecular flexibility index (Phi) is 3.46. The number of ether oxygens (including phenoxy) is 1. The van der Waals surface area contributed by atoms with Gasteiger partial charge in [-0.2, -0.15) is 0 Å². The molecule has 3 fully saturated rings. The van der Waals surface area contributed by atoms with Crippen LogP contribution in [0.1, 0.15) is 65.7 Å². The molecule has 5 atom stereocenters. The Balaban J connectivity index is 1.52. The van der Waals surface area contributed by atoms with Crippen molar-refractivity contribution >= 4 is 0 Å². The first-order valence-electron chi connectivity index (χ1n) is 8.25. The minimum atomic E-state index is -0.0596. The Labute approximate surface area is 117 Å². The van der Waals surface area contributed by atoms with Gasteiger partial charge in [0, 0.05) is 6.61 Å². The van der Waals surface area contributed by atoms with Gasteiger partial charge in [-0.05, 0) is 61.2 Å². The number of rotatable bonds is 4. The summed E-state index contributed by atoms with van der Waals surface area (Å²) in [7, 11) is 0. The first-order chi connectivity index (χ1) is 8.95. The monoisotopic (exact) mass is 266 g/mol. The van der Waals surface area contributed by atoms with Gasteiger partial charge in [0.05, 0.1) is 12.2 Å². The average molecular weight is 266 g/mol. The Morgan fingerprint density at radius 1 is 1.16 bits per heavy atom. The summed E-state index contributed by atoms with van der Waals surface area (Å²) in [5.41, 5.74) is 0.830. The summed E-state index contributed by atoms with van der Waals surface area (Å²) in [5.74, 6) is 1.36. The Bertz CT molecular complexity index is 338. The highest BCUT2D eigenvalue weighted by atomic mass is 16.5. The van der Waals surface area contributed by atoms with Crippen LogP contribution in [0.3, 0.4) is 0 Å². The van der Waals surface area contributed by atoms with Crippen LogP contribution in [0.2, 0.25) is 0 Å². The van der Waals surface area contributed by atoms with Crippen LogP contribution in [0, 0.1) is 22.7 Å². The van der Waals surface area contributed by atoms with Crippen LogP contribution >= 0.6 is 0 Å². The molecule has 3 aliphatic carbocycles. The van der Waals surface area contributed by atoms with Crippen molar-refractivity contribution in [2.24, 2.45) is 22.7 Å². The molecule has 19 heavy (non-hydrogen) atoms. The van der Waals surface area contributed by atoms with Gasteiger partial charge in [-0.1, -0.05) is 27.2 Å². The van der Waals surface area contributed by atoms with Gasteiger partial charge in [-0.15, -0.1) is 0 Å². The minimum absolute atomic E-state index is 0.0596. The summed E-state index contributed by atoms with van der Waals surface area (Å²) < 4.78 is 6.27. The van der Waals surface area contributed by atoms with Crippen molar-refractivity contribution in [2.75, 3.05) is 6.61 Å². The van der Waals surface area contributed by atoms with Gasteiger partial charge in [0.25, 0.3) is 0 Å². The standard InChI is InChI=1S/C17H30O2/c1-16(2)13-7-9-17(16,3)15(11-13)19-10-8-12-5-4-6-14(12)18/h12-15,18H,4-11H2,1-3H3. The quantitative estimate of drug-likeness (QED) is 0.839. The predicted molar refractivity (Wildman–Crippen MR) is 76.9 cm³/mol. The van der Waals surface area contributed by atoms with E-state index in [1.54, 1.807) is 0 Å². The second-order valence-electron chi connectivity index (χ2n) is 8.02. The van der Waals surface area contributed by atoms with E-state index in [0.29, 0.717) is 22.9 Å². The highest BCUT2D eigenvalue weighted by molar-refractivity contribution is 5.11.